The van der Waals surface area contributed by atoms with Crippen LogP contribution in [-0.4, -0.2) is 36.1 Å². The van der Waals surface area contributed by atoms with Crippen molar-refractivity contribution in [2.24, 2.45) is 0 Å². The van der Waals surface area contributed by atoms with Gasteiger partial charge < -0.3 is 9.80 Å². The molecule has 28 heavy (non-hydrogen) atoms. The van der Waals surface area contributed by atoms with E-state index in [1.807, 2.05) is 15.9 Å². The first-order valence-corrected chi connectivity index (χ1v) is 8.51. The summed E-state index contributed by atoms with van der Waals surface area (Å²) in [6.07, 6.45) is -2.97. The molecule has 1 aliphatic heterocycles. The lowest BCUT2D eigenvalue weighted by atomic mass is 10.1. The van der Waals surface area contributed by atoms with E-state index >= 15 is 0 Å². The van der Waals surface area contributed by atoms with Gasteiger partial charge in [-0.3, -0.25) is 10.1 Å². The fraction of sp³-hybridized carbons (Fsp3) is 0.333. The molecule has 2 heterocycles. The van der Waals surface area contributed by atoms with Crippen molar-refractivity contribution in [1.29, 1.82) is 5.26 Å². The largest absolute Gasteiger partial charge is 0.417 e. The summed E-state index contributed by atoms with van der Waals surface area (Å²) in [6.45, 7) is 2.01. The standard InChI is InChI=1S/C18H16F3N5O2/c19-18(20,21)14-3-5-17(23-12-14)25-7-1-6-24(8-9-25)15-4-2-13(11-22)10-16(15)26(27)28/h2-5,10,12H,1,6-9H2. The first-order chi connectivity index (χ1) is 13.3. The molecule has 0 amide bonds. The van der Waals surface area contributed by atoms with E-state index in [9.17, 15) is 23.3 Å². The zero-order valence-corrected chi connectivity index (χ0v) is 14.7. The van der Waals surface area contributed by atoms with Crippen LogP contribution in [0.3, 0.4) is 0 Å². The van der Waals surface area contributed by atoms with Crippen molar-refractivity contribution in [2.45, 2.75) is 12.6 Å². The van der Waals surface area contributed by atoms with Gasteiger partial charge in [-0.05, 0) is 30.7 Å². The van der Waals surface area contributed by atoms with Crippen molar-refractivity contribution in [3.8, 4) is 6.07 Å². The fourth-order valence-electron chi connectivity index (χ4n) is 3.13. The summed E-state index contributed by atoms with van der Waals surface area (Å²) in [5.41, 5.74) is -0.312. The van der Waals surface area contributed by atoms with E-state index in [-0.39, 0.29) is 11.3 Å². The molecule has 0 spiro atoms. The number of nitrogens with zero attached hydrogens (tertiary/aromatic N) is 5. The summed E-state index contributed by atoms with van der Waals surface area (Å²) in [5.74, 6) is 0.434. The van der Waals surface area contributed by atoms with Gasteiger partial charge in [-0.25, -0.2) is 4.98 Å². The second-order valence-corrected chi connectivity index (χ2v) is 6.30. The van der Waals surface area contributed by atoms with Crippen LogP contribution in [-0.2, 0) is 6.18 Å². The number of hydrogen-bond acceptors (Lipinski definition) is 6. The molecule has 7 nitrogen and oxygen atoms in total. The summed E-state index contributed by atoms with van der Waals surface area (Å²) in [6, 6.07) is 8.56. The third kappa shape index (κ3) is 4.14. The smallest absolute Gasteiger partial charge is 0.364 e. The van der Waals surface area contributed by atoms with Crippen LogP contribution in [0.2, 0.25) is 0 Å². The molecule has 1 saturated heterocycles. The zero-order chi connectivity index (χ0) is 20.3. The van der Waals surface area contributed by atoms with Gasteiger partial charge in [-0.2, -0.15) is 18.4 Å². The number of hydrogen-bond donors (Lipinski definition) is 0. The fourth-order valence-corrected chi connectivity index (χ4v) is 3.13. The molecular weight excluding hydrogens is 375 g/mol. The van der Waals surface area contributed by atoms with E-state index in [4.69, 9.17) is 5.26 Å². The van der Waals surface area contributed by atoms with Crippen LogP contribution < -0.4 is 9.80 Å². The van der Waals surface area contributed by atoms with Crippen molar-refractivity contribution in [2.75, 3.05) is 36.0 Å². The van der Waals surface area contributed by atoms with Crippen molar-refractivity contribution < 1.29 is 18.1 Å². The Morgan fingerprint density at radius 3 is 2.43 bits per heavy atom. The van der Waals surface area contributed by atoms with Crippen LogP contribution in [0.5, 0.6) is 0 Å². The van der Waals surface area contributed by atoms with E-state index in [0.29, 0.717) is 44.1 Å². The predicted molar refractivity (Wildman–Crippen MR) is 96.1 cm³/mol. The van der Waals surface area contributed by atoms with Gasteiger partial charge in [-0.15, -0.1) is 0 Å². The van der Waals surface area contributed by atoms with E-state index < -0.39 is 16.7 Å². The van der Waals surface area contributed by atoms with Gasteiger partial charge in [0.15, 0.2) is 0 Å². The molecule has 0 bridgehead atoms. The summed E-state index contributed by atoms with van der Waals surface area (Å²) in [7, 11) is 0. The summed E-state index contributed by atoms with van der Waals surface area (Å²) in [4.78, 5) is 18.5. The highest BCUT2D eigenvalue weighted by Crippen LogP contribution is 2.31. The molecular formula is C18H16F3N5O2. The molecule has 0 atom stereocenters. The Morgan fingerprint density at radius 1 is 1.11 bits per heavy atom. The van der Waals surface area contributed by atoms with Gasteiger partial charge in [-0.1, -0.05) is 0 Å². The number of nitriles is 1. The summed E-state index contributed by atoms with van der Waals surface area (Å²) >= 11 is 0. The Hall–Kier alpha value is -3.35. The van der Waals surface area contributed by atoms with Gasteiger partial charge in [0.05, 0.1) is 22.1 Å². The van der Waals surface area contributed by atoms with Gasteiger partial charge in [0.1, 0.15) is 11.5 Å². The number of halogens is 3. The van der Waals surface area contributed by atoms with Crippen molar-refractivity contribution in [3.05, 3.63) is 57.8 Å². The molecule has 2 aromatic rings. The molecule has 0 N–H and O–H groups in total. The van der Waals surface area contributed by atoms with Crippen molar-refractivity contribution in [1.82, 2.24) is 4.98 Å². The van der Waals surface area contributed by atoms with E-state index in [1.54, 1.807) is 6.07 Å². The molecule has 0 radical (unpaired) electrons. The molecule has 0 unspecified atom stereocenters. The lowest BCUT2D eigenvalue weighted by Crippen LogP contribution is -2.31. The molecule has 1 aromatic heterocycles. The number of rotatable bonds is 3. The third-order valence-electron chi connectivity index (χ3n) is 4.54. The zero-order valence-electron chi connectivity index (χ0n) is 14.7. The van der Waals surface area contributed by atoms with Crippen LogP contribution >= 0.6 is 0 Å². The molecule has 3 rings (SSSR count). The Labute approximate surface area is 158 Å². The topological polar surface area (TPSA) is 86.3 Å². The predicted octanol–water partition coefficient (Wildman–Crippen LogP) is 3.60. The molecule has 10 heteroatoms. The highest BCUT2D eigenvalue weighted by molar-refractivity contribution is 5.66. The Balaban J connectivity index is 1.77. The minimum absolute atomic E-state index is 0.139. The number of benzene rings is 1. The minimum atomic E-state index is -4.43. The lowest BCUT2D eigenvalue weighted by Gasteiger charge is -2.24. The number of aromatic nitrogens is 1. The summed E-state index contributed by atoms with van der Waals surface area (Å²) in [5, 5.41) is 20.3. The third-order valence-corrected chi connectivity index (χ3v) is 4.54. The van der Waals surface area contributed by atoms with Crippen molar-refractivity contribution >= 4 is 17.2 Å². The average Bonchev–Trinajstić information content (AvgIpc) is 2.93. The van der Waals surface area contributed by atoms with E-state index in [2.05, 4.69) is 4.98 Å². The highest BCUT2D eigenvalue weighted by Gasteiger charge is 2.31. The average molecular weight is 391 g/mol. The first-order valence-electron chi connectivity index (χ1n) is 8.51. The van der Waals surface area contributed by atoms with Crippen LogP contribution in [0.25, 0.3) is 0 Å². The Kier molecular flexibility index (Phi) is 5.35. The maximum absolute atomic E-state index is 12.7. The highest BCUT2D eigenvalue weighted by atomic mass is 19.4. The molecule has 1 fully saturated rings. The molecule has 1 aliphatic rings. The number of anilines is 2. The monoisotopic (exact) mass is 391 g/mol. The number of pyridine rings is 1. The van der Waals surface area contributed by atoms with Crippen LogP contribution in [0.1, 0.15) is 17.5 Å². The summed E-state index contributed by atoms with van der Waals surface area (Å²) < 4.78 is 38.1. The first kappa shape index (κ1) is 19.4. The maximum atomic E-state index is 12.7. The second kappa shape index (κ2) is 7.72. The van der Waals surface area contributed by atoms with Crippen molar-refractivity contribution in [3.63, 3.8) is 0 Å². The van der Waals surface area contributed by atoms with Crippen LogP contribution in [0.4, 0.5) is 30.4 Å². The number of nitro benzene ring substituents is 1. The van der Waals surface area contributed by atoms with Gasteiger partial charge in [0.2, 0.25) is 0 Å². The molecule has 0 aliphatic carbocycles. The Bertz CT molecular complexity index is 909. The van der Waals surface area contributed by atoms with E-state index in [0.717, 1.165) is 12.3 Å². The van der Waals surface area contributed by atoms with Gasteiger partial charge in [0, 0.05) is 38.4 Å². The maximum Gasteiger partial charge on any atom is 0.417 e. The Morgan fingerprint density at radius 2 is 1.82 bits per heavy atom. The molecule has 1 aromatic carbocycles. The number of alkyl halides is 3. The van der Waals surface area contributed by atoms with Crippen LogP contribution in [0, 0.1) is 21.4 Å². The normalized spacial score (nSPS) is 15.1. The minimum Gasteiger partial charge on any atom is -0.364 e. The molecule has 146 valence electrons. The quantitative estimate of drug-likeness (QED) is 0.587. The number of nitro groups is 1. The lowest BCUT2D eigenvalue weighted by molar-refractivity contribution is -0.384. The SMILES string of the molecule is N#Cc1ccc(N2CCCN(c3ccc(C(F)(F)F)cn3)CC2)c([N+](=O)[O-])c1. The van der Waals surface area contributed by atoms with Gasteiger partial charge >= 0.3 is 6.18 Å². The van der Waals surface area contributed by atoms with E-state index in [1.165, 1.54) is 18.2 Å². The molecule has 0 saturated carbocycles. The van der Waals surface area contributed by atoms with Crippen LogP contribution in [0.15, 0.2) is 36.5 Å². The second-order valence-electron chi connectivity index (χ2n) is 6.30. The van der Waals surface area contributed by atoms with Gasteiger partial charge in [0.25, 0.3) is 5.69 Å².